The summed E-state index contributed by atoms with van der Waals surface area (Å²) >= 11 is 0. The predicted molar refractivity (Wildman–Crippen MR) is 115 cm³/mol. The molecule has 1 N–H and O–H groups in total. The van der Waals surface area contributed by atoms with Gasteiger partial charge in [-0.25, -0.2) is 0 Å². The number of halogens is 4. The van der Waals surface area contributed by atoms with Crippen molar-refractivity contribution in [2.45, 2.75) is 6.18 Å². The van der Waals surface area contributed by atoms with Crippen LogP contribution in [0, 0.1) is 0 Å². The van der Waals surface area contributed by atoms with Crippen LogP contribution in [0.15, 0.2) is 29.3 Å². The Bertz CT molecular complexity index is 609. The third-order valence-corrected chi connectivity index (χ3v) is 4.29. The number of alkyl halides is 3. The Kier molecular flexibility index (Phi) is 10.9. The number of methoxy groups -OCH3 is 1. The minimum atomic E-state index is -4.32. The molecular weight excluding hydrogens is 488 g/mol. The molecule has 160 valence electrons. The Labute approximate surface area is 181 Å². The standard InChI is InChI=1S/C18H27F3N4O2.HI/c1-22-17(23-6-11-27-13-12-26-2)25-9-7-24(8-10-25)16-5-3-4-15(14-16)18(19,20)21;/h3-5,14H,6-13H2,1-2H3,(H,22,23);1H. The first-order valence-electron chi connectivity index (χ1n) is 8.90. The average molecular weight is 516 g/mol. The second kappa shape index (κ2) is 12.3. The molecule has 0 spiro atoms. The van der Waals surface area contributed by atoms with Crippen molar-refractivity contribution in [2.24, 2.45) is 4.99 Å². The Hall–Kier alpha value is -1.27. The van der Waals surface area contributed by atoms with Crippen molar-refractivity contribution in [1.29, 1.82) is 0 Å². The minimum absolute atomic E-state index is 0. The molecule has 0 aromatic heterocycles. The second-order valence-corrected chi connectivity index (χ2v) is 6.10. The molecule has 28 heavy (non-hydrogen) atoms. The zero-order valence-corrected chi connectivity index (χ0v) is 18.5. The molecule has 10 heteroatoms. The number of anilines is 1. The van der Waals surface area contributed by atoms with Crippen LogP contribution >= 0.6 is 24.0 Å². The van der Waals surface area contributed by atoms with E-state index in [0.717, 1.165) is 12.0 Å². The molecule has 1 heterocycles. The minimum Gasteiger partial charge on any atom is -0.382 e. The van der Waals surface area contributed by atoms with Crippen molar-refractivity contribution in [2.75, 3.05) is 71.6 Å². The van der Waals surface area contributed by atoms with Gasteiger partial charge in [0.15, 0.2) is 5.96 Å². The fourth-order valence-electron chi connectivity index (χ4n) is 2.87. The molecule has 0 amide bonds. The summed E-state index contributed by atoms with van der Waals surface area (Å²) in [5.74, 6) is 0.772. The van der Waals surface area contributed by atoms with Crippen molar-refractivity contribution in [3.05, 3.63) is 29.8 Å². The molecule has 0 radical (unpaired) electrons. The van der Waals surface area contributed by atoms with Gasteiger partial charge in [0.25, 0.3) is 0 Å². The van der Waals surface area contributed by atoms with E-state index in [1.54, 1.807) is 20.2 Å². The maximum absolute atomic E-state index is 12.9. The second-order valence-electron chi connectivity index (χ2n) is 6.10. The summed E-state index contributed by atoms with van der Waals surface area (Å²) in [5.41, 5.74) is -0.0210. The van der Waals surface area contributed by atoms with Crippen molar-refractivity contribution < 1.29 is 22.6 Å². The van der Waals surface area contributed by atoms with Crippen molar-refractivity contribution >= 4 is 35.6 Å². The summed E-state index contributed by atoms with van der Waals surface area (Å²) in [5, 5.41) is 3.24. The summed E-state index contributed by atoms with van der Waals surface area (Å²) in [4.78, 5) is 8.34. The van der Waals surface area contributed by atoms with Gasteiger partial charge in [0.2, 0.25) is 0 Å². The van der Waals surface area contributed by atoms with Crippen LogP contribution in [0.1, 0.15) is 5.56 Å². The first-order chi connectivity index (χ1) is 13.0. The van der Waals surface area contributed by atoms with E-state index in [9.17, 15) is 13.2 Å². The highest BCUT2D eigenvalue weighted by molar-refractivity contribution is 14.0. The maximum Gasteiger partial charge on any atom is 0.416 e. The number of guanidine groups is 1. The normalized spacial score (nSPS) is 15.4. The SMILES string of the molecule is CN=C(NCCOCCOC)N1CCN(c2cccc(C(F)(F)F)c2)CC1.I. The zero-order valence-electron chi connectivity index (χ0n) is 16.2. The number of rotatable bonds is 7. The lowest BCUT2D eigenvalue weighted by atomic mass is 10.1. The summed E-state index contributed by atoms with van der Waals surface area (Å²) in [6.45, 7) is 4.91. The van der Waals surface area contributed by atoms with E-state index < -0.39 is 11.7 Å². The summed E-state index contributed by atoms with van der Waals surface area (Å²) in [7, 11) is 3.34. The van der Waals surface area contributed by atoms with Gasteiger partial charge in [-0.05, 0) is 18.2 Å². The van der Waals surface area contributed by atoms with E-state index in [1.807, 2.05) is 4.90 Å². The third-order valence-electron chi connectivity index (χ3n) is 4.29. The Balaban J connectivity index is 0.00000392. The van der Waals surface area contributed by atoms with Gasteiger partial charge >= 0.3 is 6.18 Å². The van der Waals surface area contributed by atoms with Crippen molar-refractivity contribution in [3.8, 4) is 0 Å². The molecular formula is C18H28F3IN4O2. The molecule has 1 fully saturated rings. The fourth-order valence-corrected chi connectivity index (χ4v) is 2.87. The highest BCUT2D eigenvalue weighted by Gasteiger charge is 2.31. The van der Waals surface area contributed by atoms with E-state index >= 15 is 0 Å². The summed E-state index contributed by atoms with van der Waals surface area (Å²) < 4.78 is 49.0. The van der Waals surface area contributed by atoms with E-state index in [0.29, 0.717) is 58.2 Å². The highest BCUT2D eigenvalue weighted by Crippen LogP contribution is 2.31. The Morgan fingerprint density at radius 1 is 1.14 bits per heavy atom. The monoisotopic (exact) mass is 516 g/mol. The average Bonchev–Trinajstić information content (AvgIpc) is 2.67. The molecule has 0 unspecified atom stereocenters. The first-order valence-corrected chi connectivity index (χ1v) is 8.90. The van der Waals surface area contributed by atoms with Crippen LogP contribution in [0.25, 0.3) is 0 Å². The topological polar surface area (TPSA) is 49.3 Å². The number of ether oxygens (including phenoxy) is 2. The fraction of sp³-hybridized carbons (Fsp3) is 0.611. The number of nitrogens with zero attached hydrogens (tertiary/aromatic N) is 3. The summed E-state index contributed by atoms with van der Waals surface area (Å²) in [6.07, 6.45) is -4.32. The van der Waals surface area contributed by atoms with Gasteiger partial charge in [0, 0.05) is 52.6 Å². The van der Waals surface area contributed by atoms with Gasteiger partial charge in [0.05, 0.1) is 25.4 Å². The zero-order chi connectivity index (χ0) is 19.7. The van der Waals surface area contributed by atoms with Crippen LogP contribution in [0.4, 0.5) is 18.9 Å². The molecule has 1 saturated heterocycles. The van der Waals surface area contributed by atoms with Crippen LogP contribution in [0.5, 0.6) is 0 Å². The van der Waals surface area contributed by atoms with E-state index in [4.69, 9.17) is 9.47 Å². The van der Waals surface area contributed by atoms with Gasteiger partial charge in [-0.1, -0.05) is 6.07 Å². The maximum atomic E-state index is 12.9. The molecule has 0 saturated carbocycles. The third kappa shape index (κ3) is 7.63. The van der Waals surface area contributed by atoms with E-state index in [2.05, 4.69) is 15.2 Å². The van der Waals surface area contributed by atoms with Crippen LogP contribution in [-0.2, 0) is 15.7 Å². The van der Waals surface area contributed by atoms with Crippen LogP contribution in [-0.4, -0.2) is 77.6 Å². The van der Waals surface area contributed by atoms with Crippen molar-refractivity contribution in [1.82, 2.24) is 10.2 Å². The number of hydrogen-bond donors (Lipinski definition) is 1. The van der Waals surface area contributed by atoms with Gasteiger partial charge in [0.1, 0.15) is 0 Å². The molecule has 1 aliphatic heterocycles. The van der Waals surface area contributed by atoms with Crippen LogP contribution in [0.2, 0.25) is 0 Å². The lowest BCUT2D eigenvalue weighted by molar-refractivity contribution is -0.137. The predicted octanol–water partition coefficient (Wildman–Crippen LogP) is 2.68. The van der Waals surface area contributed by atoms with E-state index in [1.165, 1.54) is 12.1 Å². The van der Waals surface area contributed by atoms with E-state index in [-0.39, 0.29) is 24.0 Å². The number of piperazine rings is 1. The Morgan fingerprint density at radius 3 is 2.46 bits per heavy atom. The summed E-state index contributed by atoms with van der Waals surface area (Å²) in [6, 6.07) is 5.48. The molecule has 1 aliphatic rings. The molecule has 0 atom stereocenters. The van der Waals surface area contributed by atoms with Gasteiger partial charge < -0.3 is 24.6 Å². The molecule has 1 aromatic rings. The quantitative estimate of drug-likeness (QED) is 0.262. The lowest BCUT2D eigenvalue weighted by Gasteiger charge is -2.37. The molecule has 0 bridgehead atoms. The smallest absolute Gasteiger partial charge is 0.382 e. The van der Waals surface area contributed by atoms with Crippen LogP contribution < -0.4 is 10.2 Å². The Morgan fingerprint density at radius 2 is 1.86 bits per heavy atom. The van der Waals surface area contributed by atoms with Gasteiger partial charge in [-0.2, -0.15) is 13.2 Å². The molecule has 6 nitrogen and oxygen atoms in total. The van der Waals surface area contributed by atoms with Gasteiger partial charge in [-0.15, -0.1) is 24.0 Å². The number of hydrogen-bond acceptors (Lipinski definition) is 4. The lowest BCUT2D eigenvalue weighted by Crippen LogP contribution is -2.53. The van der Waals surface area contributed by atoms with Crippen molar-refractivity contribution in [3.63, 3.8) is 0 Å². The molecule has 2 rings (SSSR count). The molecule has 0 aliphatic carbocycles. The molecule has 1 aromatic carbocycles. The number of aliphatic imine (C=N–C) groups is 1. The van der Waals surface area contributed by atoms with Gasteiger partial charge in [-0.3, -0.25) is 4.99 Å². The highest BCUT2D eigenvalue weighted by atomic mass is 127. The number of nitrogens with one attached hydrogen (secondary N) is 1. The first kappa shape index (κ1) is 24.8. The van der Waals surface area contributed by atoms with Crippen LogP contribution in [0.3, 0.4) is 0 Å². The number of benzene rings is 1. The largest absolute Gasteiger partial charge is 0.416 e.